The average molecular weight is 374 g/mol. The number of aliphatic hydroxyl groups is 1. The van der Waals surface area contributed by atoms with Gasteiger partial charge in [-0.2, -0.15) is 0 Å². The average Bonchev–Trinajstić information content (AvgIpc) is 2.99. The zero-order chi connectivity index (χ0) is 18.8. The predicted octanol–water partition coefficient (Wildman–Crippen LogP) is 1.26. The van der Waals surface area contributed by atoms with E-state index in [-0.39, 0.29) is 12.2 Å². The number of aromatic nitrogens is 4. The first-order chi connectivity index (χ1) is 12.4. The predicted molar refractivity (Wildman–Crippen MR) is 103 cm³/mol. The molecule has 0 aliphatic rings. The molecule has 0 unspecified atom stereocenters. The number of fused-ring (bicyclic) bond motifs is 1. The van der Waals surface area contributed by atoms with Gasteiger partial charge in [0.2, 0.25) is 0 Å². The molecule has 0 fully saturated rings. The Hall–Kier alpha value is -2.32. The zero-order valence-electron chi connectivity index (χ0n) is 15.1. The fraction of sp³-hybridized carbons (Fsp3) is 0.389. The van der Waals surface area contributed by atoms with Gasteiger partial charge in [0.25, 0.3) is 5.56 Å². The van der Waals surface area contributed by atoms with Crippen molar-refractivity contribution in [3.63, 3.8) is 0 Å². The molecule has 26 heavy (non-hydrogen) atoms. The minimum absolute atomic E-state index is 0.103. The Kier molecular flexibility index (Phi) is 5.33. The van der Waals surface area contributed by atoms with Crippen LogP contribution in [0.3, 0.4) is 0 Å². The third-order valence-corrected chi connectivity index (χ3v) is 5.37. The molecule has 0 saturated carbocycles. The minimum Gasteiger partial charge on any atom is -0.396 e. The number of thioether (sulfide) groups is 1. The zero-order valence-corrected chi connectivity index (χ0v) is 15.9. The van der Waals surface area contributed by atoms with Crippen LogP contribution < -0.4 is 11.2 Å². The van der Waals surface area contributed by atoms with Gasteiger partial charge in [-0.05, 0) is 18.9 Å². The number of hydrogen-bond donors (Lipinski definition) is 1. The molecule has 0 bridgehead atoms. The molecule has 2 heterocycles. The molecule has 3 rings (SSSR count). The smallest absolute Gasteiger partial charge is 0.332 e. The summed E-state index contributed by atoms with van der Waals surface area (Å²) in [6, 6.07) is 8.10. The first kappa shape index (κ1) is 18.5. The van der Waals surface area contributed by atoms with E-state index in [2.05, 4.69) is 4.98 Å². The molecule has 1 N–H and O–H groups in total. The maximum atomic E-state index is 12.7. The van der Waals surface area contributed by atoms with E-state index in [9.17, 15) is 9.59 Å². The number of hydrogen-bond acceptors (Lipinski definition) is 5. The molecule has 2 aromatic heterocycles. The highest BCUT2D eigenvalue weighted by Crippen LogP contribution is 2.23. The maximum Gasteiger partial charge on any atom is 0.332 e. The van der Waals surface area contributed by atoms with Crippen molar-refractivity contribution in [2.45, 2.75) is 25.0 Å². The van der Waals surface area contributed by atoms with E-state index in [4.69, 9.17) is 5.11 Å². The van der Waals surface area contributed by atoms with E-state index in [1.807, 2.05) is 35.8 Å². The summed E-state index contributed by atoms with van der Waals surface area (Å²) in [5.74, 6) is 0.683. The normalized spacial score (nSPS) is 11.4. The van der Waals surface area contributed by atoms with Crippen molar-refractivity contribution in [1.29, 1.82) is 0 Å². The van der Waals surface area contributed by atoms with Crippen LogP contribution in [0, 0.1) is 6.92 Å². The van der Waals surface area contributed by atoms with Gasteiger partial charge in [-0.25, -0.2) is 9.78 Å². The molecule has 0 spiro atoms. The molecule has 0 aliphatic heterocycles. The lowest BCUT2D eigenvalue weighted by Gasteiger charge is -2.10. The van der Waals surface area contributed by atoms with E-state index in [1.165, 1.54) is 28.9 Å². The van der Waals surface area contributed by atoms with Crippen LogP contribution in [0.5, 0.6) is 0 Å². The highest BCUT2D eigenvalue weighted by molar-refractivity contribution is 7.99. The van der Waals surface area contributed by atoms with Gasteiger partial charge in [0.15, 0.2) is 16.3 Å². The number of rotatable bonds is 6. The van der Waals surface area contributed by atoms with E-state index < -0.39 is 5.69 Å². The monoisotopic (exact) mass is 374 g/mol. The van der Waals surface area contributed by atoms with Gasteiger partial charge in [0, 0.05) is 26.5 Å². The van der Waals surface area contributed by atoms with Crippen molar-refractivity contribution in [2.24, 2.45) is 14.1 Å². The number of benzene rings is 1. The Morgan fingerprint density at radius 1 is 1.12 bits per heavy atom. The van der Waals surface area contributed by atoms with Gasteiger partial charge in [-0.15, -0.1) is 0 Å². The Labute approximate surface area is 154 Å². The fourth-order valence-corrected chi connectivity index (χ4v) is 3.71. The topological polar surface area (TPSA) is 82.1 Å². The Balaban J connectivity index is 2.19. The van der Waals surface area contributed by atoms with Crippen LogP contribution >= 0.6 is 11.8 Å². The van der Waals surface area contributed by atoms with Crippen LogP contribution in [0.4, 0.5) is 0 Å². The van der Waals surface area contributed by atoms with Crippen molar-refractivity contribution in [3.8, 4) is 0 Å². The summed E-state index contributed by atoms with van der Waals surface area (Å²) in [7, 11) is 3.10. The van der Waals surface area contributed by atoms with Crippen LogP contribution in [0.25, 0.3) is 11.2 Å². The Morgan fingerprint density at radius 3 is 2.46 bits per heavy atom. The second-order valence-electron chi connectivity index (χ2n) is 6.27. The Morgan fingerprint density at radius 2 is 1.81 bits per heavy atom. The molecule has 1 aromatic carbocycles. The first-order valence-electron chi connectivity index (χ1n) is 8.39. The Bertz CT molecular complexity index is 1050. The van der Waals surface area contributed by atoms with Crippen LogP contribution in [-0.2, 0) is 20.6 Å². The van der Waals surface area contributed by atoms with Gasteiger partial charge in [0.05, 0.1) is 6.54 Å². The molecular weight excluding hydrogens is 352 g/mol. The van der Waals surface area contributed by atoms with E-state index in [0.29, 0.717) is 35.0 Å². The van der Waals surface area contributed by atoms with Crippen LogP contribution in [0.1, 0.15) is 17.5 Å². The molecule has 138 valence electrons. The summed E-state index contributed by atoms with van der Waals surface area (Å²) < 4.78 is 4.38. The quantitative estimate of drug-likeness (QED) is 0.519. The van der Waals surface area contributed by atoms with Crippen molar-refractivity contribution in [3.05, 3.63) is 56.2 Å². The second kappa shape index (κ2) is 7.51. The molecule has 3 aromatic rings. The van der Waals surface area contributed by atoms with Crippen molar-refractivity contribution in [2.75, 3.05) is 12.4 Å². The van der Waals surface area contributed by atoms with Gasteiger partial charge in [-0.1, -0.05) is 41.6 Å². The van der Waals surface area contributed by atoms with Crippen molar-refractivity contribution in [1.82, 2.24) is 18.7 Å². The lowest BCUT2D eigenvalue weighted by Crippen LogP contribution is -2.37. The van der Waals surface area contributed by atoms with Crippen LogP contribution in [0.2, 0.25) is 0 Å². The van der Waals surface area contributed by atoms with E-state index in [1.54, 1.807) is 7.05 Å². The SMILES string of the molecule is Cc1ccc(Cn2c(SCCCO)nc3c2c(=O)n(C)c(=O)n3C)cc1. The number of aliphatic hydroxyl groups excluding tert-OH is 1. The molecule has 0 aliphatic carbocycles. The van der Waals surface area contributed by atoms with E-state index in [0.717, 1.165) is 10.1 Å². The van der Waals surface area contributed by atoms with Gasteiger partial charge >= 0.3 is 5.69 Å². The largest absolute Gasteiger partial charge is 0.396 e. The maximum absolute atomic E-state index is 12.7. The van der Waals surface area contributed by atoms with Crippen LogP contribution in [0.15, 0.2) is 39.0 Å². The number of nitrogens with zero attached hydrogens (tertiary/aromatic N) is 4. The van der Waals surface area contributed by atoms with Crippen LogP contribution in [-0.4, -0.2) is 36.2 Å². The third-order valence-electron chi connectivity index (χ3n) is 4.31. The van der Waals surface area contributed by atoms with Gasteiger partial charge in [0.1, 0.15) is 0 Å². The molecule has 8 heteroatoms. The summed E-state index contributed by atoms with van der Waals surface area (Å²) in [4.78, 5) is 29.5. The lowest BCUT2D eigenvalue weighted by molar-refractivity contribution is 0.296. The van der Waals surface area contributed by atoms with Gasteiger partial charge < -0.3 is 9.67 Å². The van der Waals surface area contributed by atoms with Crippen molar-refractivity contribution >= 4 is 22.9 Å². The van der Waals surface area contributed by atoms with Crippen molar-refractivity contribution < 1.29 is 5.11 Å². The van der Waals surface area contributed by atoms with Gasteiger partial charge in [-0.3, -0.25) is 13.9 Å². The summed E-state index contributed by atoms with van der Waals surface area (Å²) >= 11 is 1.48. The fourth-order valence-electron chi connectivity index (χ4n) is 2.79. The minimum atomic E-state index is -0.394. The summed E-state index contributed by atoms with van der Waals surface area (Å²) in [6.45, 7) is 2.62. The molecule has 0 amide bonds. The van der Waals surface area contributed by atoms with E-state index >= 15 is 0 Å². The number of imidazole rings is 1. The summed E-state index contributed by atoms with van der Waals surface area (Å²) in [5.41, 5.74) is 2.28. The molecular formula is C18H22N4O3S. The summed E-state index contributed by atoms with van der Waals surface area (Å²) in [5, 5.41) is 9.71. The summed E-state index contributed by atoms with van der Waals surface area (Å²) in [6.07, 6.45) is 0.634. The molecule has 0 saturated heterocycles. The first-order valence-corrected chi connectivity index (χ1v) is 9.38. The number of aryl methyl sites for hydroxylation is 2. The second-order valence-corrected chi connectivity index (χ2v) is 7.33. The third kappa shape index (κ3) is 3.34. The molecule has 0 atom stereocenters. The highest BCUT2D eigenvalue weighted by Gasteiger charge is 2.19. The standard InChI is InChI=1S/C18H22N4O3S/c1-12-5-7-13(8-6-12)11-22-14-15(19-17(22)26-10-4-9-23)20(2)18(25)21(3)16(14)24/h5-8,23H,4,9-11H2,1-3H3. The molecule has 7 nitrogen and oxygen atoms in total. The highest BCUT2D eigenvalue weighted by atomic mass is 32.2. The molecule has 0 radical (unpaired) electrons. The lowest BCUT2D eigenvalue weighted by atomic mass is 10.1.